The quantitative estimate of drug-likeness (QED) is 0.526. The van der Waals surface area contributed by atoms with Gasteiger partial charge in [-0.3, -0.25) is 0 Å². The Kier molecular flexibility index (Phi) is 8.32. The van der Waals surface area contributed by atoms with Gasteiger partial charge < -0.3 is 19.9 Å². The van der Waals surface area contributed by atoms with Crippen LogP contribution in [0.3, 0.4) is 0 Å². The lowest BCUT2D eigenvalue weighted by molar-refractivity contribution is 0.00368. The van der Waals surface area contributed by atoms with E-state index < -0.39 is 15.9 Å². The molecule has 1 rings (SSSR count). The molecule has 0 aromatic rings. The van der Waals surface area contributed by atoms with Crippen molar-refractivity contribution in [3.8, 4) is 0 Å². The van der Waals surface area contributed by atoms with Gasteiger partial charge in [0.25, 0.3) is 0 Å². The Hall–Kier alpha value is -0.470. The van der Waals surface area contributed by atoms with Crippen LogP contribution in [0.1, 0.15) is 19.8 Å². The average molecular weight is 307 g/mol. The zero-order valence-corrected chi connectivity index (χ0v) is 12.8. The Bertz CT molecular complexity index is 382. The fourth-order valence-electron chi connectivity index (χ4n) is 1.73. The maximum atomic E-state index is 11.2. The predicted octanol–water partition coefficient (Wildman–Crippen LogP) is 0.0809. The second-order valence-corrected chi connectivity index (χ2v) is 6.80. The number of rotatable bonds is 11. The van der Waals surface area contributed by atoms with Crippen LogP contribution in [0.4, 0.5) is 0 Å². The Labute approximate surface area is 121 Å². The number of hydrogen-bond donors (Lipinski definition) is 2. The van der Waals surface area contributed by atoms with Gasteiger partial charge in [-0.15, -0.1) is 0 Å². The molecule has 0 bridgehead atoms. The Morgan fingerprint density at radius 3 is 2.75 bits per heavy atom. The van der Waals surface area contributed by atoms with Crippen molar-refractivity contribution in [2.24, 2.45) is 0 Å². The molecule has 118 valence electrons. The Balaban J connectivity index is 1.96. The van der Waals surface area contributed by atoms with E-state index in [-0.39, 0.29) is 18.4 Å². The molecule has 2 N–H and O–H groups in total. The molecule has 0 saturated heterocycles. The van der Waals surface area contributed by atoms with E-state index in [2.05, 4.69) is 12.2 Å². The Morgan fingerprint density at radius 1 is 1.35 bits per heavy atom. The van der Waals surface area contributed by atoms with Gasteiger partial charge in [-0.05, 0) is 6.42 Å². The van der Waals surface area contributed by atoms with Crippen LogP contribution >= 0.6 is 0 Å². The summed E-state index contributed by atoms with van der Waals surface area (Å²) in [6, 6.07) is -0.216. The molecule has 0 amide bonds. The van der Waals surface area contributed by atoms with Crippen LogP contribution in [0.25, 0.3) is 0 Å². The molecular formula is C13H25NO5S. The van der Waals surface area contributed by atoms with E-state index in [9.17, 15) is 13.5 Å². The highest BCUT2D eigenvalue weighted by Gasteiger charge is 2.21. The zero-order valence-electron chi connectivity index (χ0n) is 12.0. The minimum absolute atomic E-state index is 0.0614. The molecular weight excluding hydrogens is 282 g/mol. The molecule has 0 aliphatic carbocycles. The first-order valence-corrected chi connectivity index (χ1v) is 8.73. The predicted molar refractivity (Wildman–Crippen MR) is 77.3 cm³/mol. The van der Waals surface area contributed by atoms with Gasteiger partial charge in [0, 0.05) is 24.6 Å². The van der Waals surface area contributed by atoms with Crippen LogP contribution < -0.4 is 5.32 Å². The van der Waals surface area contributed by atoms with Gasteiger partial charge in [0.1, 0.15) is 0 Å². The van der Waals surface area contributed by atoms with Crippen molar-refractivity contribution >= 4 is 9.84 Å². The highest BCUT2D eigenvalue weighted by atomic mass is 32.2. The van der Waals surface area contributed by atoms with Crippen LogP contribution in [-0.4, -0.2) is 64.4 Å². The van der Waals surface area contributed by atoms with Gasteiger partial charge in [0.2, 0.25) is 0 Å². The second kappa shape index (κ2) is 9.46. The van der Waals surface area contributed by atoms with Crippen molar-refractivity contribution < 1.29 is 23.0 Å². The van der Waals surface area contributed by atoms with E-state index in [0.717, 1.165) is 19.4 Å². The highest BCUT2D eigenvalue weighted by molar-refractivity contribution is 7.94. The maximum Gasteiger partial charge on any atom is 0.173 e. The van der Waals surface area contributed by atoms with E-state index in [1.54, 1.807) is 6.08 Å². The third-order valence-electron chi connectivity index (χ3n) is 2.87. The minimum Gasteiger partial charge on any atom is -0.389 e. The standard InChI is InChI=1S/C13H25NO5S/c1-2-3-5-18-6-7-19-10-13(15)9-14-12-4-8-20(16,17)11-12/h4,8,12-15H,2-3,5-7,9-11H2,1H3. The third-order valence-corrected chi connectivity index (χ3v) is 4.27. The minimum atomic E-state index is -3.05. The van der Waals surface area contributed by atoms with E-state index in [1.165, 1.54) is 5.41 Å². The first-order valence-electron chi connectivity index (χ1n) is 7.01. The van der Waals surface area contributed by atoms with Gasteiger partial charge >= 0.3 is 0 Å². The smallest absolute Gasteiger partial charge is 0.173 e. The lowest BCUT2D eigenvalue weighted by Crippen LogP contribution is -2.38. The fraction of sp³-hybridized carbons (Fsp3) is 0.846. The number of ether oxygens (including phenoxy) is 2. The number of aliphatic hydroxyl groups is 1. The van der Waals surface area contributed by atoms with E-state index >= 15 is 0 Å². The summed E-state index contributed by atoms with van der Waals surface area (Å²) in [5.41, 5.74) is 0. The summed E-state index contributed by atoms with van der Waals surface area (Å²) < 4.78 is 33.0. The van der Waals surface area contributed by atoms with Crippen molar-refractivity contribution in [3.05, 3.63) is 11.5 Å². The molecule has 1 aliphatic rings. The van der Waals surface area contributed by atoms with Crippen LogP contribution in [0, 0.1) is 0 Å². The van der Waals surface area contributed by atoms with Crippen LogP contribution in [0.2, 0.25) is 0 Å². The fourth-order valence-corrected chi connectivity index (χ4v) is 3.00. The van der Waals surface area contributed by atoms with Gasteiger partial charge in [-0.1, -0.05) is 19.4 Å². The van der Waals surface area contributed by atoms with E-state index in [1.807, 2.05) is 0 Å². The van der Waals surface area contributed by atoms with Gasteiger partial charge in [-0.25, -0.2) is 8.42 Å². The third kappa shape index (κ3) is 7.96. The van der Waals surface area contributed by atoms with Gasteiger partial charge in [0.05, 0.1) is 31.7 Å². The maximum absolute atomic E-state index is 11.2. The summed E-state index contributed by atoms with van der Waals surface area (Å²) in [4.78, 5) is 0. The molecule has 0 aromatic heterocycles. The van der Waals surface area contributed by atoms with Gasteiger partial charge in [0.15, 0.2) is 9.84 Å². The monoisotopic (exact) mass is 307 g/mol. The summed E-state index contributed by atoms with van der Waals surface area (Å²) in [5, 5.41) is 13.9. The largest absolute Gasteiger partial charge is 0.389 e. The SMILES string of the molecule is CCCCOCCOCC(O)CNC1C=CS(=O)(=O)C1. The molecule has 7 heteroatoms. The van der Waals surface area contributed by atoms with Crippen molar-refractivity contribution in [1.29, 1.82) is 0 Å². The summed E-state index contributed by atoms with van der Waals surface area (Å²) in [6.07, 6.45) is 3.10. The lowest BCUT2D eigenvalue weighted by atomic mass is 10.3. The summed E-state index contributed by atoms with van der Waals surface area (Å²) >= 11 is 0. The molecule has 6 nitrogen and oxygen atoms in total. The molecule has 1 aliphatic heterocycles. The number of unbranched alkanes of at least 4 members (excludes halogenated alkanes) is 1. The average Bonchev–Trinajstić information content (AvgIpc) is 2.75. The summed E-state index contributed by atoms with van der Waals surface area (Å²) in [6.45, 7) is 4.36. The number of aliphatic hydroxyl groups excluding tert-OH is 1. The second-order valence-electron chi connectivity index (χ2n) is 4.87. The highest BCUT2D eigenvalue weighted by Crippen LogP contribution is 2.07. The number of sulfone groups is 1. The first kappa shape index (κ1) is 17.6. The summed E-state index contributed by atoms with van der Waals surface area (Å²) in [7, 11) is -3.05. The molecule has 0 fully saturated rings. The van der Waals surface area contributed by atoms with Crippen LogP contribution in [-0.2, 0) is 19.3 Å². The molecule has 0 aromatic carbocycles. The molecule has 0 saturated carbocycles. The van der Waals surface area contributed by atoms with Crippen molar-refractivity contribution in [2.75, 3.05) is 38.7 Å². The molecule has 1 heterocycles. The number of hydrogen-bond acceptors (Lipinski definition) is 6. The zero-order chi connectivity index (χ0) is 14.8. The number of nitrogens with one attached hydrogen (secondary N) is 1. The van der Waals surface area contributed by atoms with Crippen molar-refractivity contribution in [3.63, 3.8) is 0 Å². The lowest BCUT2D eigenvalue weighted by Gasteiger charge is -2.15. The van der Waals surface area contributed by atoms with Gasteiger partial charge in [-0.2, -0.15) is 0 Å². The van der Waals surface area contributed by atoms with Crippen molar-refractivity contribution in [2.45, 2.75) is 31.9 Å². The topological polar surface area (TPSA) is 84.9 Å². The van der Waals surface area contributed by atoms with E-state index in [0.29, 0.717) is 19.8 Å². The molecule has 20 heavy (non-hydrogen) atoms. The molecule has 2 atom stereocenters. The van der Waals surface area contributed by atoms with E-state index in [4.69, 9.17) is 9.47 Å². The normalized spacial score (nSPS) is 22.2. The molecule has 0 radical (unpaired) electrons. The summed E-state index contributed by atoms with van der Waals surface area (Å²) in [5.74, 6) is 0.0614. The molecule has 2 unspecified atom stereocenters. The van der Waals surface area contributed by atoms with Crippen molar-refractivity contribution in [1.82, 2.24) is 5.32 Å². The van der Waals surface area contributed by atoms with Crippen LogP contribution in [0.5, 0.6) is 0 Å². The van der Waals surface area contributed by atoms with Crippen LogP contribution in [0.15, 0.2) is 11.5 Å². The molecule has 0 spiro atoms. The first-order chi connectivity index (χ1) is 9.53. The Morgan fingerprint density at radius 2 is 2.10 bits per heavy atom.